The highest BCUT2D eigenvalue weighted by Crippen LogP contribution is 2.59. The number of aromatic nitrogens is 8. The number of aliphatic hydroxyl groups excluding tert-OH is 1. The fourth-order valence-electron chi connectivity index (χ4n) is 5.24. The van der Waals surface area contributed by atoms with Crippen molar-refractivity contribution in [3.8, 4) is 0 Å². The van der Waals surface area contributed by atoms with E-state index in [1.807, 2.05) is 0 Å². The molecule has 0 radical (unpaired) electrons. The summed E-state index contributed by atoms with van der Waals surface area (Å²) in [6.07, 6.45) is -2.40. The third kappa shape index (κ3) is 5.19. The number of nitrogens with zero attached hydrogens (tertiary/aromatic N) is 8. The van der Waals surface area contributed by atoms with Gasteiger partial charge in [-0.2, -0.15) is 0 Å². The van der Waals surface area contributed by atoms with E-state index in [0.29, 0.717) is 0 Å². The van der Waals surface area contributed by atoms with Crippen molar-refractivity contribution in [3.05, 3.63) is 25.3 Å². The van der Waals surface area contributed by atoms with Gasteiger partial charge in [0.05, 0.1) is 32.5 Å². The van der Waals surface area contributed by atoms with Crippen LogP contribution in [-0.4, -0.2) is 99.4 Å². The summed E-state index contributed by atoms with van der Waals surface area (Å²) >= 11 is 16.6. The number of rotatable bonds is 2. The molecule has 236 valence electrons. The number of thiol groups is 1. The predicted octanol–water partition coefficient (Wildman–Crippen LogP) is 0.451. The molecule has 4 aromatic rings. The third-order valence-electron chi connectivity index (χ3n) is 7.32. The van der Waals surface area contributed by atoms with E-state index in [1.165, 1.54) is 34.4 Å². The summed E-state index contributed by atoms with van der Waals surface area (Å²) in [7, 11) is 0. The molecule has 0 aromatic carbocycles. The number of alkyl halides is 1. The maximum absolute atomic E-state index is 13.6. The van der Waals surface area contributed by atoms with Crippen LogP contribution in [0.3, 0.4) is 0 Å². The lowest BCUT2D eigenvalue weighted by Gasteiger charge is -2.33. The average molecular weight is 709 g/mol. The zero-order chi connectivity index (χ0) is 31.0. The number of hydrogen-bond donors (Lipinski definition) is 5. The van der Waals surface area contributed by atoms with Crippen LogP contribution in [0.25, 0.3) is 22.3 Å². The van der Waals surface area contributed by atoms with Crippen LogP contribution < -0.4 is 11.5 Å². The van der Waals surface area contributed by atoms with Crippen LogP contribution in [0.4, 0.5) is 11.6 Å². The van der Waals surface area contributed by atoms with Crippen LogP contribution in [0.15, 0.2) is 25.3 Å². The molecule has 24 heteroatoms. The van der Waals surface area contributed by atoms with Gasteiger partial charge in [-0.05, 0) is 11.8 Å². The van der Waals surface area contributed by atoms with Gasteiger partial charge in [-0.3, -0.25) is 22.7 Å². The molecule has 44 heavy (non-hydrogen) atoms. The van der Waals surface area contributed by atoms with Gasteiger partial charge in [-0.15, -0.1) is 0 Å². The fraction of sp³-hybridized carbons (Fsp3) is 0.500. The molecule has 3 fully saturated rings. The second kappa shape index (κ2) is 11.0. The van der Waals surface area contributed by atoms with E-state index in [4.69, 9.17) is 62.4 Å². The average Bonchev–Trinajstić information content (AvgIpc) is 3.73. The molecule has 6 N–H and O–H groups in total. The van der Waals surface area contributed by atoms with E-state index in [9.17, 15) is 14.6 Å². The third-order valence-corrected chi connectivity index (χ3v) is 11.0. The maximum atomic E-state index is 13.6. The van der Waals surface area contributed by atoms with E-state index in [0.717, 1.165) is 0 Å². The van der Waals surface area contributed by atoms with Crippen LogP contribution in [0.5, 0.6) is 0 Å². The predicted molar refractivity (Wildman–Crippen MR) is 158 cm³/mol. The van der Waals surface area contributed by atoms with E-state index < -0.39 is 68.5 Å². The van der Waals surface area contributed by atoms with Gasteiger partial charge in [0.25, 0.3) is 0 Å². The molecule has 7 rings (SSSR count). The summed E-state index contributed by atoms with van der Waals surface area (Å²) in [5, 5.41) is 11.2. The van der Waals surface area contributed by atoms with E-state index in [-0.39, 0.29) is 40.6 Å². The van der Waals surface area contributed by atoms with Crippen molar-refractivity contribution in [2.45, 2.75) is 41.7 Å². The Hall–Kier alpha value is -2.10. The first-order chi connectivity index (χ1) is 20.9. The first kappa shape index (κ1) is 30.5. The maximum Gasteiger partial charge on any atom is 0.386 e. The molecular formula is C20H23ClN10O9P2S2. The molecule has 0 aliphatic carbocycles. The van der Waals surface area contributed by atoms with E-state index >= 15 is 0 Å². The quantitative estimate of drug-likeness (QED) is 0.108. The Morgan fingerprint density at radius 2 is 1.66 bits per heavy atom. The number of nitrogen functional groups attached to an aromatic ring is 2. The summed E-state index contributed by atoms with van der Waals surface area (Å²) in [5.74, 6) is 0.216. The minimum absolute atomic E-state index is 0.106. The van der Waals surface area contributed by atoms with Crippen LogP contribution in [-0.2, 0) is 48.9 Å². The van der Waals surface area contributed by atoms with Gasteiger partial charge in [0.15, 0.2) is 34.2 Å². The first-order valence-corrected chi connectivity index (χ1v) is 18.4. The molecule has 2 unspecified atom stereocenters. The normalized spacial score (nSPS) is 38.3. The van der Waals surface area contributed by atoms with Crippen molar-refractivity contribution in [1.29, 1.82) is 0 Å². The number of hydrogen-bond acceptors (Lipinski definition) is 17. The number of fused-ring (bicyclic) bond motifs is 5. The summed E-state index contributed by atoms with van der Waals surface area (Å²) in [6, 6.07) is 0. The lowest BCUT2D eigenvalue weighted by Crippen LogP contribution is -2.44. The van der Waals surface area contributed by atoms with Crippen LogP contribution in [0, 0.1) is 0 Å². The summed E-state index contributed by atoms with van der Waals surface area (Å²) in [6.45, 7) is -9.57. The number of aliphatic hydroxyl groups is 1. The Kier molecular flexibility index (Phi) is 7.64. The highest BCUT2D eigenvalue weighted by Gasteiger charge is 2.56. The van der Waals surface area contributed by atoms with Gasteiger partial charge in [-0.25, -0.2) is 34.5 Å². The smallest absolute Gasteiger partial charge is 0.386 e. The second-order valence-electron chi connectivity index (χ2n) is 9.98. The standard InChI is InChI=1S/C20H23ClN10O9P2S2/c21-20(31-7-29-11-16(23)25-5-27-18(11)31)3-35-9-2-37-41(33,43)39-13-12(32)8(1-36-42(34,44)40-14(9)20)38-19(13)30-6-28-10-15(22)24-4-26-17(10)30/h4-9,12-14,19,32H,1-3H2,(H,33,43)(H,34,44)(H2,22,24,26)(H2,23,25,27)/t8-,9-,12-,13-,14-,19-,20-,41?,42?/m1/s1. The number of halogens is 1. The van der Waals surface area contributed by atoms with Crippen molar-refractivity contribution in [3.63, 3.8) is 0 Å². The second-order valence-corrected chi connectivity index (χ2v) is 16.3. The SMILES string of the molecule is Nc1ncnc2c1ncn2[C@@H]1O[C@@H]2COP(O)(=S)O[C@@H]3[C@@H](COP(=O)(S)O[C@@H]1[C@@H]2O)OC[C@@]3(Cl)n1cnc2c(N)ncnc21. The van der Waals surface area contributed by atoms with Crippen LogP contribution in [0.1, 0.15) is 6.23 Å². The minimum Gasteiger partial charge on any atom is -0.387 e. The lowest BCUT2D eigenvalue weighted by molar-refractivity contribution is -0.0535. The molecule has 2 bridgehead atoms. The Labute approximate surface area is 262 Å². The molecule has 0 spiro atoms. The number of nitrogens with two attached hydrogens (primary N) is 2. The first-order valence-electron chi connectivity index (χ1n) is 12.7. The van der Waals surface area contributed by atoms with Crippen molar-refractivity contribution in [1.82, 2.24) is 39.0 Å². The highest BCUT2D eigenvalue weighted by molar-refractivity contribution is 8.44. The van der Waals surface area contributed by atoms with Gasteiger partial charge in [0.1, 0.15) is 54.2 Å². The summed E-state index contributed by atoms with van der Waals surface area (Å²) < 4.78 is 51.2. The Morgan fingerprint density at radius 1 is 1.00 bits per heavy atom. The number of ether oxygens (including phenoxy) is 2. The Morgan fingerprint density at radius 3 is 2.41 bits per heavy atom. The zero-order valence-corrected chi connectivity index (χ0v) is 26.3. The fourth-order valence-corrected chi connectivity index (χ4v) is 8.58. The van der Waals surface area contributed by atoms with Crippen molar-refractivity contribution < 1.29 is 42.1 Å². The largest absolute Gasteiger partial charge is 0.387 e. The van der Waals surface area contributed by atoms with Crippen molar-refractivity contribution >= 4 is 83.1 Å². The molecule has 0 saturated carbocycles. The zero-order valence-electron chi connectivity index (χ0n) is 22.0. The van der Waals surface area contributed by atoms with E-state index in [2.05, 4.69) is 42.2 Å². The Bertz CT molecular complexity index is 1850. The van der Waals surface area contributed by atoms with Crippen molar-refractivity contribution in [2.24, 2.45) is 0 Å². The molecule has 7 heterocycles. The molecule has 3 saturated heterocycles. The molecule has 4 aromatic heterocycles. The van der Waals surface area contributed by atoms with E-state index in [1.54, 1.807) is 0 Å². The van der Waals surface area contributed by atoms with Gasteiger partial charge >= 0.3 is 13.5 Å². The van der Waals surface area contributed by atoms with Crippen LogP contribution in [0.2, 0.25) is 0 Å². The summed E-state index contributed by atoms with van der Waals surface area (Å²) in [4.78, 5) is 34.2. The van der Waals surface area contributed by atoms with Gasteiger partial charge in [0, 0.05) is 0 Å². The molecule has 3 aliphatic heterocycles. The monoisotopic (exact) mass is 708 g/mol. The molecule has 3 aliphatic rings. The van der Waals surface area contributed by atoms with Gasteiger partial charge in [-0.1, -0.05) is 23.8 Å². The number of imidazole rings is 2. The van der Waals surface area contributed by atoms with Crippen molar-refractivity contribution in [2.75, 3.05) is 31.3 Å². The minimum atomic E-state index is -4.27. The highest BCUT2D eigenvalue weighted by atomic mass is 35.5. The topological polar surface area (TPSA) is 252 Å². The summed E-state index contributed by atoms with van der Waals surface area (Å²) in [5.41, 5.74) is 12.9. The molecule has 0 amide bonds. The van der Waals surface area contributed by atoms with Crippen LogP contribution >= 0.6 is 37.4 Å². The Balaban J connectivity index is 1.22. The van der Waals surface area contributed by atoms with Gasteiger partial charge < -0.3 is 35.5 Å². The molecule has 19 nitrogen and oxygen atoms in total. The van der Waals surface area contributed by atoms with Gasteiger partial charge in [0.2, 0.25) is 0 Å². The molecular weight excluding hydrogens is 686 g/mol. The molecule has 9 atom stereocenters. The number of anilines is 2. The lowest BCUT2D eigenvalue weighted by atomic mass is 10.1.